The Morgan fingerprint density at radius 2 is 2.25 bits per heavy atom. The Balaban J connectivity index is 1.57. The van der Waals surface area contributed by atoms with Crippen LogP contribution in [-0.2, 0) is 11.3 Å². The zero-order chi connectivity index (χ0) is 10.8. The van der Waals surface area contributed by atoms with Crippen LogP contribution in [0, 0.1) is 0 Å². The number of aromatic nitrogens is 1. The molecule has 0 amide bonds. The fraction of sp³-hybridized carbons (Fsp3) is 0.727. The molecule has 0 spiro atoms. The van der Waals surface area contributed by atoms with Gasteiger partial charge >= 0.3 is 0 Å². The minimum atomic E-state index is 0.758. The van der Waals surface area contributed by atoms with Crippen LogP contribution in [0.1, 0.15) is 18.5 Å². The average Bonchev–Trinajstić information content (AvgIpc) is 3.05. The monoisotopic (exact) mass is 239 g/mol. The van der Waals surface area contributed by atoms with E-state index in [9.17, 15) is 0 Å². The Hall–Kier alpha value is -0.650. The van der Waals surface area contributed by atoms with E-state index in [1.807, 2.05) is 0 Å². The molecule has 1 saturated carbocycles. The number of anilines is 1. The molecule has 1 N–H and O–H groups in total. The summed E-state index contributed by atoms with van der Waals surface area (Å²) in [6.45, 7) is 4.53. The van der Waals surface area contributed by atoms with Crippen LogP contribution in [0.3, 0.4) is 0 Å². The van der Waals surface area contributed by atoms with Gasteiger partial charge in [-0.15, -0.1) is 11.3 Å². The summed E-state index contributed by atoms with van der Waals surface area (Å²) in [5.74, 6) is 0. The lowest BCUT2D eigenvalue weighted by molar-refractivity contribution is 0.122. The minimum absolute atomic E-state index is 0.758. The third-order valence-electron chi connectivity index (χ3n) is 2.97. The maximum atomic E-state index is 5.34. The first kappa shape index (κ1) is 10.5. The van der Waals surface area contributed by atoms with Crippen LogP contribution >= 0.6 is 11.3 Å². The summed E-state index contributed by atoms with van der Waals surface area (Å²) in [6, 6.07) is 0.758. The Labute approximate surface area is 99.6 Å². The van der Waals surface area contributed by atoms with Crippen molar-refractivity contribution in [1.29, 1.82) is 0 Å². The number of thiazole rings is 1. The Morgan fingerprint density at radius 1 is 1.44 bits per heavy atom. The Morgan fingerprint density at radius 3 is 3.00 bits per heavy atom. The number of hydrogen-bond donors (Lipinski definition) is 1. The molecule has 1 aliphatic heterocycles. The fourth-order valence-electron chi connectivity index (χ4n) is 1.81. The van der Waals surface area contributed by atoms with E-state index in [-0.39, 0.29) is 0 Å². The average molecular weight is 239 g/mol. The second-order valence-corrected chi connectivity index (χ2v) is 5.21. The van der Waals surface area contributed by atoms with Crippen molar-refractivity contribution in [3.63, 3.8) is 0 Å². The van der Waals surface area contributed by atoms with Gasteiger partial charge in [-0.2, -0.15) is 0 Å². The second kappa shape index (κ2) is 4.69. The number of rotatable bonds is 4. The Bertz CT molecular complexity index is 345. The van der Waals surface area contributed by atoms with E-state index in [1.165, 1.54) is 18.5 Å². The highest BCUT2D eigenvalue weighted by Crippen LogP contribution is 2.23. The quantitative estimate of drug-likeness (QED) is 0.857. The lowest BCUT2D eigenvalue weighted by Gasteiger charge is -2.26. The second-order valence-electron chi connectivity index (χ2n) is 4.38. The summed E-state index contributed by atoms with van der Waals surface area (Å²) in [4.78, 5) is 6.97. The smallest absolute Gasteiger partial charge is 0.185 e. The zero-order valence-electron chi connectivity index (χ0n) is 9.32. The van der Waals surface area contributed by atoms with Crippen molar-refractivity contribution in [2.75, 3.05) is 31.2 Å². The van der Waals surface area contributed by atoms with Gasteiger partial charge in [0, 0.05) is 31.1 Å². The van der Waals surface area contributed by atoms with Crippen LogP contribution in [0.4, 0.5) is 5.13 Å². The highest BCUT2D eigenvalue weighted by molar-refractivity contribution is 7.13. The van der Waals surface area contributed by atoms with Crippen LogP contribution in [-0.4, -0.2) is 37.3 Å². The highest BCUT2D eigenvalue weighted by atomic mass is 32.1. The fourth-order valence-corrected chi connectivity index (χ4v) is 2.69. The molecule has 1 aromatic rings. The maximum Gasteiger partial charge on any atom is 0.185 e. The minimum Gasteiger partial charge on any atom is -0.378 e. The van der Waals surface area contributed by atoms with Crippen LogP contribution in [0.25, 0.3) is 0 Å². The van der Waals surface area contributed by atoms with E-state index in [1.54, 1.807) is 11.3 Å². The molecule has 1 aliphatic carbocycles. The van der Waals surface area contributed by atoms with Crippen molar-refractivity contribution >= 4 is 16.5 Å². The molecule has 0 radical (unpaired) electrons. The van der Waals surface area contributed by atoms with Crippen molar-refractivity contribution < 1.29 is 4.74 Å². The first-order valence-corrected chi connectivity index (χ1v) is 6.80. The Kier molecular flexibility index (Phi) is 3.08. The van der Waals surface area contributed by atoms with Gasteiger partial charge in [0.15, 0.2) is 5.13 Å². The van der Waals surface area contributed by atoms with Gasteiger partial charge in [-0.25, -0.2) is 4.98 Å². The van der Waals surface area contributed by atoms with Crippen molar-refractivity contribution in [3.05, 3.63) is 11.1 Å². The summed E-state index contributed by atoms with van der Waals surface area (Å²) in [5, 5.41) is 6.81. The van der Waals surface area contributed by atoms with Crippen LogP contribution in [0.15, 0.2) is 5.38 Å². The van der Waals surface area contributed by atoms with Gasteiger partial charge in [0.2, 0.25) is 0 Å². The first-order chi connectivity index (χ1) is 7.92. The SMILES string of the molecule is c1sc(N2CCOCC2)nc1CNC1CC1. The van der Waals surface area contributed by atoms with Gasteiger partial charge in [-0.05, 0) is 12.8 Å². The van der Waals surface area contributed by atoms with Crippen LogP contribution in [0.5, 0.6) is 0 Å². The third kappa shape index (κ3) is 2.53. The molecule has 3 rings (SSSR count). The number of nitrogens with one attached hydrogen (secondary N) is 1. The molecule has 0 atom stereocenters. The van der Waals surface area contributed by atoms with Crippen LogP contribution < -0.4 is 10.2 Å². The molecule has 2 heterocycles. The molecule has 1 aromatic heterocycles. The van der Waals surface area contributed by atoms with Gasteiger partial charge in [0.1, 0.15) is 0 Å². The summed E-state index contributed by atoms with van der Waals surface area (Å²) >= 11 is 1.75. The molecule has 4 nitrogen and oxygen atoms in total. The first-order valence-electron chi connectivity index (χ1n) is 5.92. The highest BCUT2D eigenvalue weighted by Gasteiger charge is 2.21. The topological polar surface area (TPSA) is 37.4 Å². The maximum absolute atomic E-state index is 5.34. The van der Waals surface area contributed by atoms with E-state index >= 15 is 0 Å². The van der Waals surface area contributed by atoms with Gasteiger partial charge in [-0.3, -0.25) is 0 Å². The van der Waals surface area contributed by atoms with Crippen molar-refractivity contribution in [2.24, 2.45) is 0 Å². The van der Waals surface area contributed by atoms with E-state index < -0.39 is 0 Å². The summed E-state index contributed by atoms with van der Waals surface area (Å²) in [5.41, 5.74) is 1.18. The molecular weight excluding hydrogens is 222 g/mol. The lowest BCUT2D eigenvalue weighted by Crippen LogP contribution is -2.36. The van der Waals surface area contributed by atoms with Gasteiger partial charge in [0.25, 0.3) is 0 Å². The van der Waals surface area contributed by atoms with Crippen molar-refractivity contribution in [3.8, 4) is 0 Å². The summed E-state index contributed by atoms with van der Waals surface area (Å²) < 4.78 is 5.34. The summed E-state index contributed by atoms with van der Waals surface area (Å²) in [6.07, 6.45) is 2.67. The van der Waals surface area contributed by atoms with E-state index in [0.717, 1.165) is 44.0 Å². The van der Waals surface area contributed by atoms with Crippen LogP contribution in [0.2, 0.25) is 0 Å². The molecule has 16 heavy (non-hydrogen) atoms. The van der Waals surface area contributed by atoms with E-state index in [4.69, 9.17) is 4.74 Å². The standard InChI is InChI=1S/C11H17N3OS/c1-2-9(1)12-7-10-8-16-11(13-10)14-3-5-15-6-4-14/h8-9,12H,1-7H2. The predicted octanol–water partition coefficient (Wildman–Crippen LogP) is 1.23. The molecule has 0 aromatic carbocycles. The summed E-state index contributed by atoms with van der Waals surface area (Å²) in [7, 11) is 0. The molecule has 5 heteroatoms. The molecule has 2 fully saturated rings. The lowest BCUT2D eigenvalue weighted by atomic mass is 10.4. The molecule has 1 saturated heterocycles. The molecule has 88 valence electrons. The predicted molar refractivity (Wildman–Crippen MR) is 65.0 cm³/mol. The number of hydrogen-bond acceptors (Lipinski definition) is 5. The molecular formula is C11H17N3OS. The molecule has 0 bridgehead atoms. The third-order valence-corrected chi connectivity index (χ3v) is 3.92. The van der Waals surface area contributed by atoms with Gasteiger partial charge in [0.05, 0.1) is 18.9 Å². The largest absolute Gasteiger partial charge is 0.378 e. The number of ether oxygens (including phenoxy) is 1. The van der Waals surface area contributed by atoms with Crippen molar-refractivity contribution in [2.45, 2.75) is 25.4 Å². The van der Waals surface area contributed by atoms with E-state index in [0.29, 0.717) is 0 Å². The van der Waals surface area contributed by atoms with Crippen molar-refractivity contribution in [1.82, 2.24) is 10.3 Å². The number of morpholine rings is 1. The van der Waals surface area contributed by atoms with E-state index in [2.05, 4.69) is 20.6 Å². The normalized spacial score (nSPS) is 21.4. The zero-order valence-corrected chi connectivity index (χ0v) is 10.1. The molecule has 0 unspecified atom stereocenters. The van der Waals surface area contributed by atoms with Gasteiger partial charge in [-0.1, -0.05) is 0 Å². The number of nitrogens with zero attached hydrogens (tertiary/aromatic N) is 2. The molecule has 2 aliphatic rings. The van der Waals surface area contributed by atoms with Gasteiger partial charge < -0.3 is 15.0 Å².